The van der Waals surface area contributed by atoms with Gasteiger partial charge in [-0.2, -0.15) is 22.8 Å². The van der Waals surface area contributed by atoms with Crippen molar-refractivity contribution in [2.75, 3.05) is 32.2 Å². The van der Waals surface area contributed by atoms with Gasteiger partial charge in [0.2, 0.25) is 6.79 Å². The molecule has 6 N–H and O–H groups in total. The fraction of sp³-hybridized carbons (Fsp3) is 0.333. The van der Waals surface area contributed by atoms with E-state index in [1.807, 2.05) is 12.1 Å². The van der Waals surface area contributed by atoms with Crippen molar-refractivity contribution < 1.29 is 26.5 Å². The zero-order valence-electron chi connectivity index (χ0n) is 17.5. The zero-order valence-corrected chi connectivity index (χ0v) is 20.5. The lowest BCUT2D eigenvalue weighted by Crippen LogP contribution is -2.30. The molecule has 3 heterocycles. The number of hydrogen-bond donors (Lipinski definition) is 4. The molecule has 1 aromatic carbocycles. The highest BCUT2D eigenvalue weighted by Crippen LogP contribution is 2.36. The van der Waals surface area contributed by atoms with E-state index in [9.17, 15) is 12.8 Å². The maximum Gasteiger partial charge on any atom is 0.333 e. The Morgan fingerprint density at radius 3 is 2.76 bits per heavy atom. The second-order valence-electron chi connectivity index (χ2n) is 7.23. The number of aromatic nitrogens is 4. The molecule has 182 valence electrons. The van der Waals surface area contributed by atoms with Gasteiger partial charge >= 0.3 is 16.4 Å². The number of nitrogens with one attached hydrogen (secondary N) is 2. The van der Waals surface area contributed by atoms with E-state index >= 15 is 0 Å². The number of imidazole rings is 1. The van der Waals surface area contributed by atoms with Crippen molar-refractivity contribution in [3.63, 3.8) is 0 Å². The molecule has 0 saturated heterocycles. The van der Waals surface area contributed by atoms with E-state index in [1.54, 1.807) is 4.57 Å². The standard InChI is InChI=1S/C18H20FIN8O5S/c19-18-26-16(22)15-17(27-18)28(7-10(21)6-24-1-2-33-34(23,29)30)14(25-15)4-9-3-12-13(5-11(9)20)32-8-31-12/h3,5,21,24H,1-2,4,6-8H2,(H2,22,26,27)(H2,23,29,30). The van der Waals surface area contributed by atoms with Gasteiger partial charge in [0.1, 0.15) is 5.82 Å². The second kappa shape index (κ2) is 9.90. The van der Waals surface area contributed by atoms with E-state index in [1.165, 1.54) is 0 Å². The average molecular weight is 606 g/mol. The fourth-order valence-corrected chi connectivity index (χ4v) is 4.27. The summed E-state index contributed by atoms with van der Waals surface area (Å²) in [6.07, 6.45) is -0.671. The molecule has 4 rings (SSSR count). The SMILES string of the molecule is N=C(CNCCOS(N)(=O)=O)Cn1c(Cc2cc3c(cc2I)OCO3)nc2c(N)nc(F)nc21. The number of ether oxygens (including phenoxy) is 2. The number of nitrogens with two attached hydrogens (primary N) is 2. The molecule has 0 amide bonds. The molecular formula is C18H20FIN8O5S. The maximum atomic E-state index is 13.9. The monoisotopic (exact) mass is 606 g/mol. The van der Waals surface area contributed by atoms with E-state index < -0.39 is 16.4 Å². The number of halogens is 2. The zero-order chi connectivity index (χ0) is 24.5. The van der Waals surface area contributed by atoms with Crippen LogP contribution >= 0.6 is 22.6 Å². The van der Waals surface area contributed by atoms with Gasteiger partial charge in [-0.1, -0.05) is 0 Å². The minimum Gasteiger partial charge on any atom is -0.454 e. The largest absolute Gasteiger partial charge is 0.454 e. The van der Waals surface area contributed by atoms with Crippen molar-refractivity contribution in [1.29, 1.82) is 5.41 Å². The van der Waals surface area contributed by atoms with Crippen LogP contribution in [-0.4, -0.2) is 60.1 Å². The molecule has 16 heteroatoms. The Hall–Kier alpha value is -2.67. The third-order valence-electron chi connectivity index (χ3n) is 4.78. The van der Waals surface area contributed by atoms with Crippen molar-refractivity contribution in [3.8, 4) is 11.5 Å². The normalized spacial score (nSPS) is 13.0. The Balaban J connectivity index is 1.57. The summed E-state index contributed by atoms with van der Waals surface area (Å²) in [6.45, 7) is 0.257. The Labute approximate surface area is 206 Å². The molecule has 0 fully saturated rings. The van der Waals surface area contributed by atoms with Gasteiger partial charge in [0.15, 0.2) is 28.5 Å². The van der Waals surface area contributed by atoms with Gasteiger partial charge in [0.05, 0.1) is 13.2 Å². The van der Waals surface area contributed by atoms with E-state index in [-0.39, 0.29) is 55.7 Å². The predicted molar refractivity (Wildman–Crippen MR) is 127 cm³/mol. The minimum absolute atomic E-state index is 0.0336. The molecule has 0 unspecified atom stereocenters. The number of benzene rings is 1. The van der Waals surface area contributed by atoms with Gasteiger partial charge < -0.3 is 30.5 Å². The third kappa shape index (κ3) is 5.69. The first-order valence-electron chi connectivity index (χ1n) is 9.81. The first-order valence-corrected chi connectivity index (χ1v) is 12.4. The molecule has 1 aliphatic heterocycles. The highest BCUT2D eigenvalue weighted by atomic mass is 127. The summed E-state index contributed by atoms with van der Waals surface area (Å²) in [7, 11) is -4.03. The van der Waals surface area contributed by atoms with Crippen LogP contribution in [0.15, 0.2) is 12.1 Å². The molecule has 1 aliphatic rings. The molecular weight excluding hydrogens is 586 g/mol. The molecule has 0 bridgehead atoms. The molecule has 34 heavy (non-hydrogen) atoms. The van der Waals surface area contributed by atoms with Crippen LogP contribution in [0, 0.1) is 15.1 Å². The van der Waals surface area contributed by atoms with Crippen LogP contribution in [0.2, 0.25) is 0 Å². The van der Waals surface area contributed by atoms with Gasteiger partial charge in [0, 0.05) is 28.8 Å². The lowest BCUT2D eigenvalue weighted by atomic mass is 10.1. The Kier molecular flexibility index (Phi) is 7.12. The molecule has 0 spiro atoms. The summed E-state index contributed by atoms with van der Waals surface area (Å²) in [5, 5.41) is 16.0. The first-order chi connectivity index (χ1) is 16.1. The summed E-state index contributed by atoms with van der Waals surface area (Å²) in [6, 6.07) is 3.70. The van der Waals surface area contributed by atoms with Gasteiger partial charge in [0.25, 0.3) is 0 Å². The molecule has 0 aliphatic carbocycles. The van der Waals surface area contributed by atoms with Gasteiger partial charge in [-0.05, 0) is 40.3 Å². The first kappa shape index (κ1) is 24.5. The van der Waals surface area contributed by atoms with Crippen molar-refractivity contribution in [3.05, 3.63) is 33.2 Å². The fourth-order valence-electron chi connectivity index (χ4n) is 3.32. The Morgan fingerprint density at radius 1 is 1.29 bits per heavy atom. The number of hydrogen-bond acceptors (Lipinski definition) is 11. The summed E-state index contributed by atoms with van der Waals surface area (Å²) in [5.41, 5.74) is 7.36. The summed E-state index contributed by atoms with van der Waals surface area (Å²) in [5.74, 6) is 1.66. The molecule has 0 atom stereocenters. The summed E-state index contributed by atoms with van der Waals surface area (Å²) < 4.78 is 53.4. The second-order valence-corrected chi connectivity index (χ2v) is 9.62. The number of fused-ring (bicyclic) bond motifs is 2. The maximum absolute atomic E-state index is 13.9. The quantitative estimate of drug-likeness (QED) is 0.108. The smallest absolute Gasteiger partial charge is 0.333 e. The number of nitrogen functional groups attached to an aromatic ring is 1. The van der Waals surface area contributed by atoms with Crippen LogP contribution in [-0.2, 0) is 27.5 Å². The summed E-state index contributed by atoms with van der Waals surface area (Å²) in [4.78, 5) is 11.9. The lowest BCUT2D eigenvalue weighted by molar-refractivity contribution is 0.174. The number of rotatable bonds is 10. The van der Waals surface area contributed by atoms with E-state index in [2.05, 4.69) is 47.0 Å². The van der Waals surface area contributed by atoms with Crippen LogP contribution < -0.4 is 25.7 Å². The van der Waals surface area contributed by atoms with Crippen LogP contribution in [0.5, 0.6) is 11.5 Å². The molecule has 0 radical (unpaired) electrons. The van der Waals surface area contributed by atoms with Crippen LogP contribution in [0.3, 0.4) is 0 Å². The van der Waals surface area contributed by atoms with Crippen molar-refractivity contribution in [2.24, 2.45) is 5.14 Å². The Bertz CT molecular complexity index is 1370. The van der Waals surface area contributed by atoms with Crippen LogP contribution in [0.4, 0.5) is 10.2 Å². The molecule has 0 saturated carbocycles. The van der Waals surface area contributed by atoms with Gasteiger partial charge in [-0.15, -0.1) is 0 Å². The van der Waals surface area contributed by atoms with Crippen molar-refractivity contribution in [2.45, 2.75) is 13.0 Å². The minimum atomic E-state index is -4.03. The highest BCUT2D eigenvalue weighted by molar-refractivity contribution is 14.1. The molecule has 2 aromatic heterocycles. The van der Waals surface area contributed by atoms with Crippen molar-refractivity contribution in [1.82, 2.24) is 24.8 Å². The van der Waals surface area contributed by atoms with Gasteiger partial charge in [-0.25, -0.2) is 10.1 Å². The van der Waals surface area contributed by atoms with Crippen LogP contribution in [0.25, 0.3) is 11.2 Å². The van der Waals surface area contributed by atoms with E-state index in [0.29, 0.717) is 23.7 Å². The third-order valence-corrected chi connectivity index (χ3v) is 6.28. The highest BCUT2D eigenvalue weighted by Gasteiger charge is 2.21. The lowest BCUT2D eigenvalue weighted by Gasteiger charge is -2.12. The molecule has 3 aromatic rings. The van der Waals surface area contributed by atoms with E-state index in [4.69, 9.17) is 25.8 Å². The summed E-state index contributed by atoms with van der Waals surface area (Å²) >= 11 is 2.18. The van der Waals surface area contributed by atoms with E-state index in [0.717, 1.165) is 9.13 Å². The number of nitrogens with zero attached hydrogens (tertiary/aromatic N) is 4. The number of anilines is 1. The van der Waals surface area contributed by atoms with Gasteiger partial charge in [-0.3, -0.25) is 4.18 Å². The predicted octanol–water partition coefficient (Wildman–Crippen LogP) is 0.301. The van der Waals surface area contributed by atoms with Crippen molar-refractivity contribution >= 4 is 55.6 Å². The average Bonchev–Trinajstić information content (AvgIpc) is 3.32. The topological polar surface area (TPSA) is 193 Å². The van der Waals surface area contributed by atoms with Crippen LogP contribution in [0.1, 0.15) is 11.4 Å². The molecule has 13 nitrogen and oxygen atoms in total. The Morgan fingerprint density at radius 2 is 2.03 bits per heavy atom.